The molecule has 2 atom stereocenters. The van der Waals surface area contributed by atoms with Crippen LogP contribution in [0.3, 0.4) is 0 Å². The van der Waals surface area contributed by atoms with Crippen molar-refractivity contribution in [1.82, 2.24) is 14.6 Å². The van der Waals surface area contributed by atoms with Gasteiger partial charge in [0.25, 0.3) is 0 Å². The fourth-order valence-corrected chi connectivity index (χ4v) is 3.05. The molecule has 2 heterocycles. The maximum absolute atomic E-state index is 13.3. The molecular weight excluding hydrogens is 269 g/mol. The van der Waals surface area contributed by atoms with Gasteiger partial charge in [-0.1, -0.05) is 0 Å². The second-order valence-corrected chi connectivity index (χ2v) is 5.68. The van der Waals surface area contributed by atoms with E-state index in [9.17, 15) is 4.39 Å². The summed E-state index contributed by atoms with van der Waals surface area (Å²) in [7, 11) is 0. The molecule has 0 aliphatic heterocycles. The third-order valence-electron chi connectivity index (χ3n) is 4.10. The lowest BCUT2D eigenvalue weighted by molar-refractivity contribution is 0.629. The van der Waals surface area contributed by atoms with Crippen molar-refractivity contribution >= 4 is 22.2 Å². The maximum Gasteiger partial charge on any atom is 0.130 e. The molecule has 0 saturated heterocycles. The van der Waals surface area contributed by atoms with Crippen molar-refractivity contribution in [3.05, 3.63) is 36.4 Å². The highest BCUT2D eigenvalue weighted by molar-refractivity contribution is 5.94. The number of benzene rings is 1. The molecule has 1 aromatic carbocycles. The minimum Gasteiger partial charge on any atom is -0.367 e. The highest BCUT2D eigenvalue weighted by Gasteiger charge is 2.21. The number of nitrogens with one attached hydrogen (secondary N) is 1. The van der Waals surface area contributed by atoms with Gasteiger partial charge in [0, 0.05) is 29.6 Å². The molecule has 0 unspecified atom stereocenters. The van der Waals surface area contributed by atoms with Crippen LogP contribution in [0.5, 0.6) is 0 Å². The van der Waals surface area contributed by atoms with Crippen molar-refractivity contribution in [3.63, 3.8) is 0 Å². The number of aromatic nitrogens is 3. The molecule has 1 fully saturated rings. The first-order valence-electron chi connectivity index (χ1n) is 7.15. The predicted molar refractivity (Wildman–Crippen MR) is 79.7 cm³/mol. The normalized spacial score (nSPS) is 22.2. The molecule has 6 heteroatoms. The molecule has 4 rings (SSSR count). The SMILES string of the molecule is N[C@@H]1CC[C@@H](Nc2cc3c4ccc(F)cc4nn3cn2)C1. The van der Waals surface area contributed by atoms with E-state index < -0.39 is 0 Å². The number of halogens is 1. The van der Waals surface area contributed by atoms with Gasteiger partial charge in [-0.3, -0.25) is 0 Å². The monoisotopic (exact) mass is 285 g/mol. The predicted octanol–water partition coefficient (Wildman–Crippen LogP) is 2.31. The summed E-state index contributed by atoms with van der Waals surface area (Å²) in [6, 6.07) is 7.25. The Morgan fingerprint density at radius 2 is 2.19 bits per heavy atom. The Morgan fingerprint density at radius 3 is 3.00 bits per heavy atom. The summed E-state index contributed by atoms with van der Waals surface area (Å²) in [4.78, 5) is 4.37. The maximum atomic E-state index is 13.3. The van der Waals surface area contributed by atoms with Gasteiger partial charge in [0.2, 0.25) is 0 Å². The molecule has 108 valence electrons. The van der Waals surface area contributed by atoms with Crippen LogP contribution in [0.2, 0.25) is 0 Å². The van der Waals surface area contributed by atoms with Gasteiger partial charge in [0.15, 0.2) is 0 Å². The van der Waals surface area contributed by atoms with Crippen LogP contribution in [-0.2, 0) is 0 Å². The van der Waals surface area contributed by atoms with Crippen molar-refractivity contribution in [2.75, 3.05) is 5.32 Å². The van der Waals surface area contributed by atoms with Crippen LogP contribution in [0.15, 0.2) is 30.6 Å². The van der Waals surface area contributed by atoms with E-state index in [-0.39, 0.29) is 11.9 Å². The molecule has 0 spiro atoms. The minimum atomic E-state index is -0.280. The van der Waals surface area contributed by atoms with Gasteiger partial charge in [-0.05, 0) is 31.4 Å². The Bertz CT molecular complexity index is 812. The van der Waals surface area contributed by atoms with Gasteiger partial charge < -0.3 is 11.1 Å². The quantitative estimate of drug-likeness (QED) is 0.758. The smallest absolute Gasteiger partial charge is 0.130 e. The Labute approximate surface area is 121 Å². The zero-order valence-corrected chi connectivity index (χ0v) is 11.5. The van der Waals surface area contributed by atoms with Crippen molar-refractivity contribution in [3.8, 4) is 0 Å². The molecule has 5 nitrogen and oxygen atoms in total. The van der Waals surface area contributed by atoms with Gasteiger partial charge in [-0.25, -0.2) is 13.9 Å². The largest absolute Gasteiger partial charge is 0.367 e. The van der Waals surface area contributed by atoms with E-state index in [0.29, 0.717) is 11.6 Å². The molecular formula is C15H16FN5. The molecule has 1 aliphatic rings. The number of hydrogen-bond acceptors (Lipinski definition) is 4. The van der Waals surface area contributed by atoms with Crippen LogP contribution in [0.25, 0.3) is 16.4 Å². The lowest BCUT2D eigenvalue weighted by Crippen LogP contribution is -2.21. The lowest BCUT2D eigenvalue weighted by Gasteiger charge is -2.12. The highest BCUT2D eigenvalue weighted by atomic mass is 19.1. The second kappa shape index (κ2) is 4.66. The van der Waals surface area contributed by atoms with Crippen LogP contribution < -0.4 is 11.1 Å². The Hall–Kier alpha value is -2.21. The van der Waals surface area contributed by atoms with Crippen LogP contribution in [0, 0.1) is 5.82 Å². The molecule has 3 N–H and O–H groups in total. The first kappa shape index (κ1) is 12.5. The molecule has 21 heavy (non-hydrogen) atoms. The van der Waals surface area contributed by atoms with Crippen LogP contribution in [-0.4, -0.2) is 26.7 Å². The van der Waals surface area contributed by atoms with E-state index in [1.807, 2.05) is 6.07 Å². The molecule has 0 bridgehead atoms. The van der Waals surface area contributed by atoms with Gasteiger partial charge in [-0.15, -0.1) is 0 Å². The van der Waals surface area contributed by atoms with Crippen LogP contribution in [0.1, 0.15) is 19.3 Å². The first-order valence-corrected chi connectivity index (χ1v) is 7.15. The summed E-state index contributed by atoms with van der Waals surface area (Å²) in [5.41, 5.74) is 7.49. The molecule has 3 aromatic rings. The van der Waals surface area contributed by atoms with E-state index in [0.717, 1.165) is 36.0 Å². The molecule has 2 aromatic heterocycles. The summed E-state index contributed by atoms with van der Waals surface area (Å²) in [6.45, 7) is 0. The fraction of sp³-hybridized carbons (Fsp3) is 0.333. The molecule has 0 radical (unpaired) electrons. The van der Waals surface area contributed by atoms with Crippen molar-refractivity contribution in [2.45, 2.75) is 31.3 Å². The Morgan fingerprint density at radius 1 is 1.29 bits per heavy atom. The van der Waals surface area contributed by atoms with E-state index in [1.165, 1.54) is 12.1 Å². The van der Waals surface area contributed by atoms with Crippen molar-refractivity contribution < 1.29 is 4.39 Å². The summed E-state index contributed by atoms with van der Waals surface area (Å²) >= 11 is 0. The van der Waals surface area contributed by atoms with Crippen LogP contribution in [0.4, 0.5) is 10.2 Å². The van der Waals surface area contributed by atoms with E-state index in [2.05, 4.69) is 15.4 Å². The van der Waals surface area contributed by atoms with Crippen molar-refractivity contribution in [2.24, 2.45) is 5.73 Å². The number of nitrogens with two attached hydrogens (primary N) is 1. The Kier molecular flexibility index (Phi) is 2.78. The third-order valence-corrected chi connectivity index (χ3v) is 4.10. The molecule has 0 amide bonds. The third kappa shape index (κ3) is 2.21. The van der Waals surface area contributed by atoms with Gasteiger partial charge >= 0.3 is 0 Å². The number of anilines is 1. The molecule has 1 aliphatic carbocycles. The summed E-state index contributed by atoms with van der Waals surface area (Å²) in [5, 5.41) is 8.67. The number of rotatable bonds is 2. The standard InChI is InChI=1S/C15H16FN5/c16-9-1-4-12-13(5-9)20-21-8-18-15(7-14(12)21)19-11-3-2-10(17)6-11/h1,4-5,7-8,10-11,19H,2-3,6,17H2/t10-,11-/m1/s1. The van der Waals surface area contributed by atoms with Gasteiger partial charge in [0.05, 0.1) is 11.0 Å². The van der Waals surface area contributed by atoms with Gasteiger partial charge in [0.1, 0.15) is 18.0 Å². The number of fused-ring (bicyclic) bond motifs is 3. The average molecular weight is 285 g/mol. The Balaban J connectivity index is 1.73. The zero-order valence-electron chi connectivity index (χ0n) is 11.5. The summed E-state index contributed by atoms with van der Waals surface area (Å²) in [5.74, 6) is 0.532. The second-order valence-electron chi connectivity index (χ2n) is 5.68. The lowest BCUT2D eigenvalue weighted by atomic mass is 10.2. The zero-order chi connectivity index (χ0) is 14.4. The first-order chi connectivity index (χ1) is 10.2. The topological polar surface area (TPSA) is 68.2 Å². The highest BCUT2D eigenvalue weighted by Crippen LogP contribution is 2.24. The molecule has 1 saturated carbocycles. The summed E-state index contributed by atoms with van der Waals surface area (Å²) in [6.07, 6.45) is 4.75. The summed E-state index contributed by atoms with van der Waals surface area (Å²) < 4.78 is 14.9. The minimum absolute atomic E-state index is 0.280. The van der Waals surface area contributed by atoms with E-state index in [4.69, 9.17) is 5.73 Å². The van der Waals surface area contributed by atoms with Crippen LogP contribution >= 0.6 is 0 Å². The number of nitrogens with zero attached hydrogens (tertiary/aromatic N) is 3. The van der Waals surface area contributed by atoms with Gasteiger partial charge in [-0.2, -0.15) is 5.10 Å². The average Bonchev–Trinajstić information content (AvgIpc) is 3.01. The number of hydrogen-bond donors (Lipinski definition) is 2. The van der Waals surface area contributed by atoms with E-state index in [1.54, 1.807) is 16.9 Å². The van der Waals surface area contributed by atoms with E-state index >= 15 is 0 Å². The fourth-order valence-electron chi connectivity index (χ4n) is 3.05. The van der Waals surface area contributed by atoms with Crippen molar-refractivity contribution in [1.29, 1.82) is 0 Å².